The van der Waals surface area contributed by atoms with Crippen LogP contribution in [0.15, 0.2) is 42.5 Å². The summed E-state index contributed by atoms with van der Waals surface area (Å²) in [4.78, 5) is 2.28. The first-order valence-corrected chi connectivity index (χ1v) is 6.25. The largest absolute Gasteiger partial charge is 0.375 e. The summed E-state index contributed by atoms with van der Waals surface area (Å²) >= 11 is 4.24. The summed E-state index contributed by atoms with van der Waals surface area (Å²) in [5.74, 6) is 0.942. The number of hydrogen-bond donors (Lipinski definition) is 1. The Morgan fingerprint density at radius 2 is 1.81 bits per heavy atom. The van der Waals surface area contributed by atoms with Crippen molar-refractivity contribution in [3.05, 3.63) is 42.5 Å². The van der Waals surface area contributed by atoms with Crippen LogP contribution in [-0.4, -0.2) is 19.3 Å². The maximum Gasteiger partial charge on any atom is 0.0370 e. The molecule has 0 amide bonds. The first-order chi connectivity index (χ1) is 7.81. The van der Waals surface area contributed by atoms with Crippen molar-refractivity contribution >= 4 is 29.1 Å². The Kier molecular flexibility index (Phi) is 3.73. The highest BCUT2D eigenvalue weighted by atomic mass is 32.1. The van der Waals surface area contributed by atoms with Gasteiger partial charge in [-0.25, -0.2) is 0 Å². The molecule has 2 aromatic rings. The lowest BCUT2D eigenvalue weighted by Crippen LogP contribution is -2.18. The summed E-state index contributed by atoms with van der Waals surface area (Å²) in [6, 6.07) is 15.1. The van der Waals surface area contributed by atoms with E-state index in [0.717, 1.165) is 18.7 Å². The molecule has 0 aromatic heterocycles. The van der Waals surface area contributed by atoms with Gasteiger partial charge in [0.25, 0.3) is 0 Å². The number of nitrogens with zero attached hydrogens (tertiary/aromatic N) is 1. The minimum atomic E-state index is 0.942. The van der Waals surface area contributed by atoms with E-state index in [1.807, 2.05) is 0 Å². The third kappa shape index (κ3) is 2.50. The standard InChI is InChI=1S/C14H17NS/c1-15(9-4-10-16)14-8-7-12-5-2-3-6-13(12)11-14/h2-3,5-8,11,16H,4,9-10H2,1H3. The van der Waals surface area contributed by atoms with Gasteiger partial charge in [-0.15, -0.1) is 0 Å². The predicted octanol–water partition coefficient (Wildman–Crippen LogP) is 3.60. The van der Waals surface area contributed by atoms with E-state index in [1.54, 1.807) is 0 Å². The van der Waals surface area contributed by atoms with Gasteiger partial charge in [0.15, 0.2) is 0 Å². The molecule has 0 N–H and O–H groups in total. The molecular formula is C14H17NS. The topological polar surface area (TPSA) is 3.24 Å². The molecule has 16 heavy (non-hydrogen) atoms. The Balaban J connectivity index is 2.25. The zero-order valence-electron chi connectivity index (χ0n) is 9.56. The predicted molar refractivity (Wildman–Crippen MR) is 75.7 cm³/mol. The Morgan fingerprint density at radius 3 is 2.56 bits per heavy atom. The number of fused-ring (bicyclic) bond motifs is 1. The van der Waals surface area contributed by atoms with Gasteiger partial charge >= 0.3 is 0 Å². The Hall–Kier alpha value is -1.15. The molecule has 0 bridgehead atoms. The average molecular weight is 231 g/mol. The van der Waals surface area contributed by atoms with Gasteiger partial charge in [0.05, 0.1) is 0 Å². The lowest BCUT2D eigenvalue weighted by Gasteiger charge is -2.19. The summed E-state index contributed by atoms with van der Waals surface area (Å²) in [6.45, 7) is 1.06. The molecule has 1 nitrogen and oxygen atoms in total. The molecule has 2 aromatic carbocycles. The van der Waals surface area contributed by atoms with E-state index < -0.39 is 0 Å². The molecule has 0 saturated heterocycles. The molecule has 0 heterocycles. The van der Waals surface area contributed by atoms with E-state index in [0.29, 0.717) is 0 Å². The lowest BCUT2D eigenvalue weighted by atomic mass is 10.1. The Bertz CT molecular complexity index is 467. The van der Waals surface area contributed by atoms with E-state index in [-0.39, 0.29) is 0 Å². The number of hydrogen-bond acceptors (Lipinski definition) is 2. The summed E-state index contributed by atoms with van der Waals surface area (Å²) in [6.07, 6.45) is 1.12. The highest BCUT2D eigenvalue weighted by Gasteiger charge is 2.01. The Labute approximate surface area is 102 Å². The molecule has 0 aliphatic heterocycles. The van der Waals surface area contributed by atoms with Crippen LogP contribution < -0.4 is 4.90 Å². The van der Waals surface area contributed by atoms with Crippen molar-refractivity contribution in [2.24, 2.45) is 0 Å². The molecule has 0 aliphatic carbocycles. The van der Waals surface area contributed by atoms with Crippen molar-refractivity contribution in [2.45, 2.75) is 6.42 Å². The maximum atomic E-state index is 4.24. The van der Waals surface area contributed by atoms with Crippen LogP contribution in [0.5, 0.6) is 0 Å². The van der Waals surface area contributed by atoms with Crippen molar-refractivity contribution in [3.63, 3.8) is 0 Å². The minimum Gasteiger partial charge on any atom is -0.375 e. The molecule has 0 radical (unpaired) electrons. The van der Waals surface area contributed by atoms with Crippen LogP contribution in [-0.2, 0) is 0 Å². The van der Waals surface area contributed by atoms with Gasteiger partial charge < -0.3 is 4.90 Å². The highest BCUT2D eigenvalue weighted by Crippen LogP contribution is 2.21. The van der Waals surface area contributed by atoms with E-state index in [9.17, 15) is 0 Å². The van der Waals surface area contributed by atoms with Crippen molar-refractivity contribution in [2.75, 3.05) is 24.2 Å². The number of anilines is 1. The second-order valence-corrected chi connectivity index (χ2v) is 4.48. The fourth-order valence-corrected chi connectivity index (χ4v) is 1.99. The van der Waals surface area contributed by atoms with E-state index >= 15 is 0 Å². The quantitative estimate of drug-likeness (QED) is 0.787. The van der Waals surface area contributed by atoms with Gasteiger partial charge in [0.2, 0.25) is 0 Å². The molecule has 0 unspecified atom stereocenters. The molecule has 0 saturated carbocycles. The van der Waals surface area contributed by atoms with E-state index in [4.69, 9.17) is 0 Å². The lowest BCUT2D eigenvalue weighted by molar-refractivity contribution is 0.862. The van der Waals surface area contributed by atoms with Gasteiger partial charge in [0.1, 0.15) is 0 Å². The van der Waals surface area contributed by atoms with Crippen molar-refractivity contribution in [3.8, 4) is 0 Å². The van der Waals surface area contributed by atoms with Crippen LogP contribution in [0.3, 0.4) is 0 Å². The fraction of sp³-hybridized carbons (Fsp3) is 0.286. The maximum absolute atomic E-state index is 4.24. The second-order valence-electron chi connectivity index (χ2n) is 4.03. The summed E-state index contributed by atoms with van der Waals surface area (Å²) in [5.41, 5.74) is 1.28. The summed E-state index contributed by atoms with van der Waals surface area (Å²) in [5, 5.41) is 2.60. The van der Waals surface area contributed by atoms with Crippen LogP contribution in [0.2, 0.25) is 0 Å². The van der Waals surface area contributed by atoms with Crippen LogP contribution in [0.25, 0.3) is 10.8 Å². The van der Waals surface area contributed by atoms with Crippen LogP contribution in [0.1, 0.15) is 6.42 Å². The molecular weight excluding hydrogens is 214 g/mol. The molecule has 2 heteroatoms. The van der Waals surface area contributed by atoms with Crippen molar-refractivity contribution in [1.82, 2.24) is 0 Å². The molecule has 0 aliphatic rings. The van der Waals surface area contributed by atoms with Gasteiger partial charge in [-0.3, -0.25) is 0 Å². The van der Waals surface area contributed by atoms with Crippen molar-refractivity contribution in [1.29, 1.82) is 0 Å². The van der Waals surface area contributed by atoms with Gasteiger partial charge in [-0.05, 0) is 35.1 Å². The van der Waals surface area contributed by atoms with Crippen LogP contribution >= 0.6 is 12.6 Å². The Morgan fingerprint density at radius 1 is 1.06 bits per heavy atom. The van der Waals surface area contributed by atoms with E-state index in [1.165, 1.54) is 16.5 Å². The minimum absolute atomic E-state index is 0.942. The first kappa shape index (κ1) is 11.3. The average Bonchev–Trinajstić information content (AvgIpc) is 2.35. The van der Waals surface area contributed by atoms with Gasteiger partial charge in [-0.2, -0.15) is 12.6 Å². The highest BCUT2D eigenvalue weighted by molar-refractivity contribution is 7.80. The van der Waals surface area contributed by atoms with Crippen LogP contribution in [0, 0.1) is 0 Å². The molecule has 2 rings (SSSR count). The normalized spacial score (nSPS) is 10.6. The smallest absolute Gasteiger partial charge is 0.0370 e. The fourth-order valence-electron chi connectivity index (χ4n) is 1.85. The molecule has 0 fully saturated rings. The van der Waals surface area contributed by atoms with E-state index in [2.05, 4.69) is 67.0 Å². The van der Waals surface area contributed by atoms with Gasteiger partial charge in [0, 0.05) is 19.3 Å². The first-order valence-electron chi connectivity index (χ1n) is 5.62. The molecule has 0 atom stereocenters. The SMILES string of the molecule is CN(CCCS)c1ccc2ccccc2c1. The zero-order chi connectivity index (χ0) is 11.4. The summed E-state index contributed by atoms with van der Waals surface area (Å²) < 4.78 is 0. The third-order valence-electron chi connectivity index (χ3n) is 2.83. The van der Waals surface area contributed by atoms with Crippen molar-refractivity contribution < 1.29 is 0 Å². The molecule has 0 spiro atoms. The van der Waals surface area contributed by atoms with Crippen LogP contribution in [0.4, 0.5) is 5.69 Å². The summed E-state index contributed by atoms with van der Waals surface area (Å²) in [7, 11) is 2.13. The number of benzene rings is 2. The third-order valence-corrected chi connectivity index (χ3v) is 3.14. The zero-order valence-corrected chi connectivity index (χ0v) is 10.5. The second kappa shape index (κ2) is 5.26. The number of thiol groups is 1. The van der Waals surface area contributed by atoms with Gasteiger partial charge in [-0.1, -0.05) is 30.3 Å². The monoisotopic (exact) mass is 231 g/mol. The number of rotatable bonds is 4. The molecule has 84 valence electrons.